The predicted molar refractivity (Wildman–Crippen MR) is 117 cm³/mol. The Morgan fingerprint density at radius 1 is 0.931 bits per heavy atom. The molecule has 0 saturated carbocycles. The summed E-state index contributed by atoms with van der Waals surface area (Å²) in [5.74, 6) is 0.113. The van der Waals surface area contributed by atoms with Crippen molar-refractivity contribution < 1.29 is 9.59 Å². The number of anilines is 2. The SMILES string of the molecule is Cc1ccc(N2C(=O)CC(c3ccc(N(C)C)cc3)C3=C2CCCC3=O)cc1C. The maximum atomic E-state index is 13.3. The number of nitrogens with zero attached hydrogens (tertiary/aromatic N) is 2. The molecule has 1 unspecified atom stereocenters. The van der Waals surface area contributed by atoms with Crippen LogP contribution in [0.5, 0.6) is 0 Å². The first-order valence-corrected chi connectivity index (χ1v) is 10.3. The number of hydrogen-bond donors (Lipinski definition) is 0. The zero-order chi connectivity index (χ0) is 20.7. The van der Waals surface area contributed by atoms with Crippen LogP contribution in [0.15, 0.2) is 53.7 Å². The zero-order valence-electron chi connectivity index (χ0n) is 17.7. The maximum Gasteiger partial charge on any atom is 0.232 e. The number of carbonyl (C=O) groups excluding carboxylic acids is 2. The van der Waals surface area contributed by atoms with Crippen LogP contribution in [-0.2, 0) is 9.59 Å². The predicted octanol–water partition coefficient (Wildman–Crippen LogP) is 4.90. The Hall–Kier alpha value is -2.88. The third kappa shape index (κ3) is 3.48. The van der Waals surface area contributed by atoms with Crippen LogP contribution in [0.25, 0.3) is 0 Å². The summed E-state index contributed by atoms with van der Waals surface area (Å²) in [6.45, 7) is 4.13. The van der Waals surface area contributed by atoms with Crippen molar-refractivity contribution in [2.75, 3.05) is 23.9 Å². The second kappa shape index (κ2) is 7.51. The molecule has 4 heteroatoms. The molecule has 4 rings (SSSR count). The Kier molecular flexibility index (Phi) is 5.03. The Labute approximate surface area is 172 Å². The van der Waals surface area contributed by atoms with E-state index in [1.165, 1.54) is 5.56 Å². The van der Waals surface area contributed by atoms with Crippen LogP contribution < -0.4 is 9.80 Å². The molecule has 2 aromatic carbocycles. The molecule has 1 amide bonds. The molecule has 0 spiro atoms. The molecular weight excluding hydrogens is 360 g/mol. The Morgan fingerprint density at radius 3 is 2.31 bits per heavy atom. The summed E-state index contributed by atoms with van der Waals surface area (Å²) in [6, 6.07) is 14.3. The topological polar surface area (TPSA) is 40.6 Å². The van der Waals surface area contributed by atoms with Crippen molar-refractivity contribution in [2.24, 2.45) is 0 Å². The van der Waals surface area contributed by atoms with Crippen molar-refractivity contribution in [3.63, 3.8) is 0 Å². The Balaban J connectivity index is 1.81. The number of ketones is 1. The highest BCUT2D eigenvalue weighted by Crippen LogP contribution is 2.43. The lowest BCUT2D eigenvalue weighted by Gasteiger charge is -2.38. The smallest absolute Gasteiger partial charge is 0.232 e. The number of amides is 1. The van der Waals surface area contributed by atoms with Crippen molar-refractivity contribution in [3.8, 4) is 0 Å². The van der Waals surface area contributed by atoms with Crippen LogP contribution in [0, 0.1) is 13.8 Å². The average molecular weight is 389 g/mol. The molecule has 1 atom stereocenters. The first-order chi connectivity index (χ1) is 13.9. The molecule has 0 aromatic heterocycles. The minimum atomic E-state index is -0.149. The van der Waals surface area contributed by atoms with E-state index in [1.807, 2.05) is 30.0 Å². The lowest BCUT2D eigenvalue weighted by Crippen LogP contribution is -2.40. The normalized spacial score (nSPS) is 19.4. The van der Waals surface area contributed by atoms with Gasteiger partial charge in [-0.05, 0) is 67.6 Å². The standard InChI is InChI=1S/C25H28N2O2/c1-16-8-11-20(14-17(16)2)27-22-6-5-7-23(28)25(22)21(15-24(27)29)18-9-12-19(13-10-18)26(3)4/h8-14,21H,5-7,15H2,1-4H3. The van der Waals surface area contributed by atoms with Gasteiger partial charge in [0.25, 0.3) is 0 Å². The lowest BCUT2D eigenvalue weighted by molar-refractivity contribution is -0.119. The van der Waals surface area contributed by atoms with Crippen LogP contribution in [0.4, 0.5) is 11.4 Å². The summed E-state index contributed by atoms with van der Waals surface area (Å²) in [5, 5.41) is 0. The van der Waals surface area contributed by atoms with Gasteiger partial charge >= 0.3 is 0 Å². The van der Waals surface area contributed by atoms with Gasteiger partial charge in [0.1, 0.15) is 0 Å². The van der Waals surface area contributed by atoms with E-state index >= 15 is 0 Å². The number of rotatable bonds is 3. The summed E-state index contributed by atoms with van der Waals surface area (Å²) >= 11 is 0. The van der Waals surface area contributed by atoms with Crippen molar-refractivity contribution in [3.05, 3.63) is 70.4 Å². The van der Waals surface area contributed by atoms with E-state index in [0.29, 0.717) is 12.8 Å². The molecule has 1 heterocycles. The van der Waals surface area contributed by atoms with E-state index in [4.69, 9.17) is 0 Å². The molecule has 4 nitrogen and oxygen atoms in total. The fourth-order valence-electron chi connectivity index (χ4n) is 4.45. The summed E-state index contributed by atoms with van der Waals surface area (Å²) in [6.07, 6.45) is 2.48. The van der Waals surface area contributed by atoms with Gasteiger partial charge in [0.15, 0.2) is 5.78 Å². The quantitative estimate of drug-likeness (QED) is 0.751. The molecule has 2 aliphatic rings. The number of aryl methyl sites for hydroxylation is 2. The highest BCUT2D eigenvalue weighted by Gasteiger charge is 2.39. The Morgan fingerprint density at radius 2 is 1.66 bits per heavy atom. The number of hydrogen-bond acceptors (Lipinski definition) is 3. The Bertz CT molecular complexity index is 1000. The highest BCUT2D eigenvalue weighted by molar-refractivity contribution is 6.07. The van der Waals surface area contributed by atoms with Crippen LogP contribution in [-0.4, -0.2) is 25.8 Å². The van der Waals surface area contributed by atoms with Gasteiger partial charge < -0.3 is 4.90 Å². The van der Waals surface area contributed by atoms with E-state index in [2.05, 4.69) is 50.2 Å². The largest absolute Gasteiger partial charge is 0.378 e. The molecular formula is C25H28N2O2. The van der Waals surface area contributed by atoms with Crippen LogP contribution >= 0.6 is 0 Å². The lowest BCUT2D eigenvalue weighted by atomic mass is 9.77. The first kappa shape index (κ1) is 19.4. The molecule has 29 heavy (non-hydrogen) atoms. The minimum absolute atomic E-state index is 0.0726. The molecule has 1 aliphatic heterocycles. The van der Waals surface area contributed by atoms with E-state index in [0.717, 1.165) is 46.6 Å². The van der Waals surface area contributed by atoms with E-state index in [-0.39, 0.29) is 17.6 Å². The average Bonchev–Trinajstić information content (AvgIpc) is 2.70. The second-order valence-electron chi connectivity index (χ2n) is 8.38. The van der Waals surface area contributed by atoms with E-state index < -0.39 is 0 Å². The summed E-state index contributed by atoms with van der Waals surface area (Å²) in [7, 11) is 4.01. The number of benzene rings is 2. The van der Waals surface area contributed by atoms with Gasteiger partial charge in [-0.2, -0.15) is 0 Å². The van der Waals surface area contributed by atoms with Gasteiger partial charge in [-0.1, -0.05) is 18.2 Å². The van der Waals surface area contributed by atoms with Crippen molar-refractivity contribution in [1.29, 1.82) is 0 Å². The molecule has 0 N–H and O–H groups in total. The number of carbonyl (C=O) groups is 2. The summed E-state index contributed by atoms with van der Waals surface area (Å²) < 4.78 is 0. The van der Waals surface area contributed by atoms with Gasteiger partial charge in [0, 0.05) is 55.5 Å². The highest BCUT2D eigenvalue weighted by atomic mass is 16.2. The number of Topliss-reactive ketones (excluding diaryl/α,β-unsaturated/α-hetero) is 1. The minimum Gasteiger partial charge on any atom is -0.378 e. The second-order valence-corrected chi connectivity index (χ2v) is 8.38. The molecule has 2 aromatic rings. The first-order valence-electron chi connectivity index (χ1n) is 10.3. The van der Waals surface area contributed by atoms with Gasteiger partial charge in [0.2, 0.25) is 5.91 Å². The van der Waals surface area contributed by atoms with Crippen LogP contribution in [0.1, 0.15) is 48.3 Å². The number of allylic oxidation sites excluding steroid dienone is 2. The molecule has 0 fully saturated rings. The van der Waals surface area contributed by atoms with Crippen LogP contribution in [0.2, 0.25) is 0 Å². The van der Waals surface area contributed by atoms with E-state index in [1.54, 1.807) is 0 Å². The monoisotopic (exact) mass is 388 g/mol. The van der Waals surface area contributed by atoms with Gasteiger partial charge in [-0.25, -0.2) is 0 Å². The molecule has 0 bridgehead atoms. The fraction of sp³-hybridized carbons (Fsp3) is 0.360. The van der Waals surface area contributed by atoms with Crippen LogP contribution in [0.3, 0.4) is 0 Å². The van der Waals surface area contributed by atoms with Gasteiger partial charge in [-0.15, -0.1) is 0 Å². The fourth-order valence-corrected chi connectivity index (χ4v) is 4.45. The maximum absolute atomic E-state index is 13.3. The van der Waals surface area contributed by atoms with Gasteiger partial charge in [0.05, 0.1) is 0 Å². The summed E-state index contributed by atoms with van der Waals surface area (Å²) in [4.78, 5) is 30.1. The van der Waals surface area contributed by atoms with Crippen molar-refractivity contribution in [1.82, 2.24) is 0 Å². The summed E-state index contributed by atoms with van der Waals surface area (Å²) in [5.41, 5.74) is 7.13. The molecule has 150 valence electrons. The third-order valence-corrected chi connectivity index (χ3v) is 6.24. The van der Waals surface area contributed by atoms with Crippen molar-refractivity contribution in [2.45, 2.75) is 45.4 Å². The molecule has 0 radical (unpaired) electrons. The van der Waals surface area contributed by atoms with Gasteiger partial charge in [-0.3, -0.25) is 14.5 Å². The van der Waals surface area contributed by atoms with Crippen molar-refractivity contribution >= 4 is 23.1 Å². The van der Waals surface area contributed by atoms with E-state index in [9.17, 15) is 9.59 Å². The zero-order valence-corrected chi connectivity index (χ0v) is 17.7. The molecule has 1 aliphatic carbocycles. The third-order valence-electron chi connectivity index (χ3n) is 6.24. The molecule has 0 saturated heterocycles.